The Balaban J connectivity index is 0.000000226. The van der Waals surface area contributed by atoms with Gasteiger partial charge in [0.1, 0.15) is 46.6 Å². The van der Waals surface area contributed by atoms with Gasteiger partial charge >= 0.3 is 0 Å². The first-order valence-electron chi connectivity index (χ1n) is 26.3. The summed E-state index contributed by atoms with van der Waals surface area (Å²) < 4.78 is 34.4. The molecule has 0 unspecified atom stereocenters. The summed E-state index contributed by atoms with van der Waals surface area (Å²) in [5.41, 5.74) is 4.40. The van der Waals surface area contributed by atoms with Gasteiger partial charge in [-0.3, -0.25) is 19.2 Å². The number of hydrogen-bond donors (Lipinski definition) is 2. The number of fused-ring (bicyclic) bond motifs is 2. The van der Waals surface area contributed by atoms with Crippen molar-refractivity contribution in [2.45, 2.75) is 88.7 Å². The lowest BCUT2D eigenvalue weighted by molar-refractivity contribution is -0.126. The summed E-state index contributed by atoms with van der Waals surface area (Å²) in [6.45, 7) is 3.95. The number of methoxy groups -OCH3 is 4. The zero-order chi connectivity index (χ0) is 55.6. The fraction of sp³-hybridized carbons (Fsp3) is 0.312. The molecule has 6 atom stereocenters. The number of carbonyl (C=O) groups is 4. The maximum Gasteiger partial charge on any atom is 0.258 e. The Hall–Kier alpha value is -8.52. The van der Waals surface area contributed by atoms with Gasteiger partial charge in [0.05, 0.1) is 63.9 Å². The van der Waals surface area contributed by atoms with E-state index >= 15 is 0 Å². The number of benzene rings is 6. The summed E-state index contributed by atoms with van der Waals surface area (Å²) >= 11 is 0. The molecule has 14 nitrogen and oxygen atoms in total. The van der Waals surface area contributed by atoms with E-state index in [9.17, 15) is 19.2 Å². The van der Waals surface area contributed by atoms with Gasteiger partial charge in [-0.1, -0.05) is 109 Å². The van der Waals surface area contributed by atoms with Gasteiger partial charge in [0.15, 0.2) is 0 Å². The van der Waals surface area contributed by atoms with Crippen molar-refractivity contribution < 1.29 is 47.6 Å². The van der Waals surface area contributed by atoms with Crippen LogP contribution in [0.2, 0.25) is 0 Å². The Kier molecular flexibility index (Phi) is 20.5. The predicted molar refractivity (Wildman–Crippen MR) is 303 cm³/mol. The fourth-order valence-electron chi connectivity index (χ4n) is 9.49. The topological polar surface area (TPSA) is 154 Å². The molecule has 6 aromatic rings. The van der Waals surface area contributed by atoms with E-state index in [0.717, 1.165) is 22.3 Å². The Morgan fingerprint density at radius 2 is 0.821 bits per heavy atom. The van der Waals surface area contributed by atoms with E-state index in [-0.39, 0.29) is 47.9 Å². The molecule has 2 heterocycles. The number of amides is 4. The van der Waals surface area contributed by atoms with Crippen molar-refractivity contribution in [1.82, 2.24) is 20.4 Å². The zero-order valence-corrected chi connectivity index (χ0v) is 45.8. The lowest BCUT2D eigenvalue weighted by Crippen LogP contribution is -2.49. The number of likely N-dealkylation sites (N-methyl/N-ethyl adjacent to an activating group) is 2. The van der Waals surface area contributed by atoms with Gasteiger partial charge in [-0.05, 0) is 86.3 Å². The van der Waals surface area contributed by atoms with Gasteiger partial charge in [-0.2, -0.15) is 0 Å². The number of nitrogens with zero attached hydrogens (tertiary/aromatic N) is 2. The van der Waals surface area contributed by atoms with Crippen molar-refractivity contribution in [3.05, 3.63) is 203 Å². The molecule has 0 saturated carbocycles. The summed E-state index contributed by atoms with van der Waals surface area (Å²) in [4.78, 5) is 58.6. The zero-order valence-electron chi connectivity index (χ0n) is 45.8. The van der Waals surface area contributed by atoms with Crippen molar-refractivity contribution in [1.29, 1.82) is 0 Å². The SMILES string of the molecule is COc1ccc([C@@H]2C/C=C/C[C@H](C)Oc3ccccc3C(=O)N(C)[C@@H](Cc3ccccc3)C(=O)N2)c(OC)c1.COc1ccc([C@@H]2C/C=C\C[C@H](C)Oc3ccccc3C(=O)N(C)[C@@H](Cc3ccccc3)C(=O)N2)c(OC)c1. The number of para-hydroxylation sites is 2. The Morgan fingerprint density at radius 3 is 1.19 bits per heavy atom. The number of ether oxygens (including phenoxy) is 6. The maximum absolute atomic E-state index is 14.0. The van der Waals surface area contributed by atoms with E-state index < -0.39 is 12.1 Å². The number of rotatable bonds is 10. The molecule has 0 aromatic heterocycles. The first-order chi connectivity index (χ1) is 37.8. The molecule has 2 aliphatic rings. The molecule has 6 aromatic carbocycles. The number of nitrogens with one attached hydrogen (secondary N) is 2. The summed E-state index contributed by atoms with van der Waals surface area (Å²) in [5.74, 6) is 2.50. The van der Waals surface area contributed by atoms with Crippen LogP contribution >= 0.6 is 0 Å². The molecule has 4 amide bonds. The standard InChI is InChI=1S/2C32H36N2O5/c2*1-22-12-8-10-16-27(25-19-18-24(37-3)21-30(25)38-4)33-31(35)28(20-23-13-6-5-7-14-23)34(2)32(36)26-15-9-11-17-29(26)39-22/h2*5-11,13-15,17-19,21-22,27-28H,12,16,20H2,1-4H3,(H,33,35)/b10-8+;10-8-/t2*22-,27-,28-/m00/s1. The van der Waals surface area contributed by atoms with Crippen LogP contribution in [0.5, 0.6) is 34.5 Å². The van der Waals surface area contributed by atoms with Gasteiger partial charge in [-0.15, -0.1) is 0 Å². The van der Waals surface area contributed by atoms with Crippen molar-refractivity contribution in [3.8, 4) is 34.5 Å². The van der Waals surface area contributed by atoms with Crippen LogP contribution in [0.3, 0.4) is 0 Å². The molecule has 8 rings (SSSR count). The Labute approximate surface area is 458 Å². The molecular formula is C64H72N4O10. The van der Waals surface area contributed by atoms with Crippen LogP contribution in [0.1, 0.15) is 94.6 Å². The molecular weight excluding hydrogens is 985 g/mol. The molecule has 0 bridgehead atoms. The summed E-state index contributed by atoms with van der Waals surface area (Å²) in [7, 11) is 9.74. The first kappa shape index (κ1) is 57.2. The van der Waals surface area contributed by atoms with E-state index in [2.05, 4.69) is 10.6 Å². The van der Waals surface area contributed by atoms with Crippen LogP contribution in [-0.2, 0) is 22.4 Å². The predicted octanol–water partition coefficient (Wildman–Crippen LogP) is 10.7. The van der Waals surface area contributed by atoms with Crippen LogP contribution in [0.4, 0.5) is 0 Å². The second-order valence-electron chi connectivity index (χ2n) is 19.3. The minimum atomic E-state index is -0.760. The molecule has 0 radical (unpaired) electrons. The highest BCUT2D eigenvalue weighted by atomic mass is 16.5. The average Bonchev–Trinajstić information content (AvgIpc) is 3.47. The third-order valence-corrected chi connectivity index (χ3v) is 13.9. The van der Waals surface area contributed by atoms with E-state index in [1.165, 1.54) is 9.80 Å². The molecule has 408 valence electrons. The highest BCUT2D eigenvalue weighted by molar-refractivity contribution is 6.00. The molecule has 0 spiro atoms. The summed E-state index contributed by atoms with van der Waals surface area (Å²) in [6.07, 6.45) is 11.0. The maximum atomic E-state index is 14.0. The van der Waals surface area contributed by atoms with E-state index in [1.54, 1.807) is 91.1 Å². The first-order valence-corrected chi connectivity index (χ1v) is 26.3. The lowest BCUT2D eigenvalue weighted by atomic mass is 9.98. The van der Waals surface area contributed by atoms with Gasteiger partial charge in [0.25, 0.3) is 11.8 Å². The smallest absolute Gasteiger partial charge is 0.258 e. The quantitative estimate of drug-likeness (QED) is 0.127. The molecule has 0 aliphatic carbocycles. The van der Waals surface area contributed by atoms with Crippen LogP contribution < -0.4 is 39.1 Å². The second kappa shape index (κ2) is 28.0. The van der Waals surface area contributed by atoms with Gasteiger partial charge < -0.3 is 48.9 Å². The van der Waals surface area contributed by atoms with E-state index in [4.69, 9.17) is 28.4 Å². The largest absolute Gasteiger partial charge is 0.497 e. The van der Waals surface area contributed by atoms with Crippen molar-refractivity contribution in [2.24, 2.45) is 0 Å². The average molecular weight is 1060 g/mol. The van der Waals surface area contributed by atoms with Crippen LogP contribution in [0, 0.1) is 0 Å². The van der Waals surface area contributed by atoms with Crippen molar-refractivity contribution in [2.75, 3.05) is 42.5 Å². The fourth-order valence-corrected chi connectivity index (χ4v) is 9.49. The molecule has 0 saturated heterocycles. The highest BCUT2D eigenvalue weighted by Crippen LogP contribution is 2.34. The third kappa shape index (κ3) is 14.9. The Morgan fingerprint density at radius 1 is 0.462 bits per heavy atom. The molecule has 0 fully saturated rings. The molecule has 2 N–H and O–H groups in total. The number of hydrogen-bond acceptors (Lipinski definition) is 10. The molecule has 78 heavy (non-hydrogen) atoms. The van der Waals surface area contributed by atoms with Crippen LogP contribution in [0.25, 0.3) is 0 Å². The minimum Gasteiger partial charge on any atom is -0.497 e. The highest BCUT2D eigenvalue weighted by Gasteiger charge is 2.34. The third-order valence-electron chi connectivity index (χ3n) is 13.9. The van der Waals surface area contributed by atoms with Crippen LogP contribution in [-0.4, -0.2) is 100 Å². The monoisotopic (exact) mass is 1060 g/mol. The van der Waals surface area contributed by atoms with Crippen molar-refractivity contribution >= 4 is 23.6 Å². The van der Waals surface area contributed by atoms with Gasteiger partial charge in [0.2, 0.25) is 11.8 Å². The lowest BCUT2D eigenvalue weighted by Gasteiger charge is -2.31. The Bertz CT molecular complexity index is 2820. The van der Waals surface area contributed by atoms with E-state index in [1.807, 2.05) is 135 Å². The summed E-state index contributed by atoms with van der Waals surface area (Å²) in [6, 6.07) is 42.6. The summed E-state index contributed by atoms with van der Waals surface area (Å²) in [5, 5.41) is 6.44. The minimum absolute atomic E-state index is 0.146. The van der Waals surface area contributed by atoms with Gasteiger partial charge in [0, 0.05) is 63.0 Å². The molecule has 14 heteroatoms. The normalized spacial score (nSPS) is 21.1. The number of carbonyl (C=O) groups excluding carboxylic acids is 4. The van der Waals surface area contributed by atoms with Crippen molar-refractivity contribution in [3.63, 3.8) is 0 Å². The van der Waals surface area contributed by atoms with Gasteiger partial charge in [-0.25, -0.2) is 0 Å². The molecule has 2 aliphatic heterocycles. The van der Waals surface area contributed by atoms with E-state index in [0.29, 0.717) is 84.1 Å². The second-order valence-corrected chi connectivity index (χ2v) is 19.3. The van der Waals surface area contributed by atoms with Crippen LogP contribution in [0.15, 0.2) is 170 Å².